The van der Waals surface area contributed by atoms with E-state index in [2.05, 4.69) is 6.07 Å². The van der Waals surface area contributed by atoms with E-state index in [1.54, 1.807) is 6.92 Å². The van der Waals surface area contributed by atoms with Crippen molar-refractivity contribution in [3.05, 3.63) is 53.1 Å². The molecule has 0 aliphatic carbocycles. The zero-order valence-electron chi connectivity index (χ0n) is 18.1. The van der Waals surface area contributed by atoms with E-state index in [1.165, 1.54) is 0 Å². The molecular weight excluding hydrogens is 408 g/mol. The zero-order valence-corrected chi connectivity index (χ0v) is 18.1. The third-order valence-corrected chi connectivity index (χ3v) is 7.19. The Hall–Kier alpha value is -3.06. The summed E-state index contributed by atoms with van der Waals surface area (Å²) >= 11 is 0. The van der Waals surface area contributed by atoms with E-state index in [-0.39, 0.29) is 24.5 Å². The van der Waals surface area contributed by atoms with Gasteiger partial charge in [-0.05, 0) is 48.9 Å². The fraction of sp³-hybridized carbons (Fsp3) is 0.440. The van der Waals surface area contributed by atoms with Crippen LogP contribution >= 0.6 is 0 Å². The molecule has 6 rings (SSSR count). The number of amides is 2. The molecule has 2 aromatic carbocycles. The molecule has 0 saturated carbocycles. The molecule has 0 bridgehead atoms. The van der Waals surface area contributed by atoms with E-state index in [0.717, 1.165) is 48.2 Å². The molecule has 4 aliphatic heterocycles. The van der Waals surface area contributed by atoms with Gasteiger partial charge in [0.25, 0.3) is 5.91 Å². The Morgan fingerprint density at radius 2 is 2.06 bits per heavy atom. The standard InChI is InChI=1S/C25H26N2O5/c1-16(28)26-10-3-4-17(13-26)14-27-20-6-2-5-18-9-11-32-25(23(18)20,24(27)29)19-7-8-21-22(12-19)31-15-30-21/h2,5-8,12,17H,3-4,9-11,13-15H2,1H3. The summed E-state index contributed by atoms with van der Waals surface area (Å²) in [5, 5.41) is 0. The molecule has 0 spiro atoms. The van der Waals surface area contributed by atoms with E-state index >= 15 is 0 Å². The van der Waals surface area contributed by atoms with Crippen molar-refractivity contribution in [3.63, 3.8) is 0 Å². The SMILES string of the molecule is CC(=O)N1CCCC(CN2C(=O)C3(c4ccc5c(c4)OCO5)OCCc4cccc2c43)C1. The molecule has 2 aromatic rings. The number of nitrogens with zero attached hydrogens (tertiary/aromatic N) is 2. The van der Waals surface area contributed by atoms with E-state index in [4.69, 9.17) is 14.2 Å². The first kappa shape index (κ1) is 19.6. The maximum absolute atomic E-state index is 14.1. The number of likely N-dealkylation sites (tertiary alicyclic amines) is 1. The molecule has 4 aliphatic rings. The fourth-order valence-electron chi connectivity index (χ4n) is 5.69. The predicted molar refractivity (Wildman–Crippen MR) is 117 cm³/mol. The number of carbonyl (C=O) groups excluding carboxylic acids is 2. The summed E-state index contributed by atoms with van der Waals surface area (Å²) in [6.45, 7) is 4.34. The van der Waals surface area contributed by atoms with Crippen LogP contribution in [0.5, 0.6) is 11.5 Å². The Morgan fingerprint density at radius 1 is 1.19 bits per heavy atom. The van der Waals surface area contributed by atoms with E-state index in [1.807, 2.05) is 40.1 Å². The Labute approximate surface area is 186 Å². The molecule has 2 amide bonds. The summed E-state index contributed by atoms with van der Waals surface area (Å²) in [5.74, 6) is 1.60. The number of rotatable bonds is 3. The van der Waals surface area contributed by atoms with Crippen LogP contribution in [0.4, 0.5) is 5.69 Å². The van der Waals surface area contributed by atoms with Gasteiger partial charge in [0.1, 0.15) is 0 Å². The van der Waals surface area contributed by atoms with Crippen LogP contribution in [0, 0.1) is 5.92 Å². The molecule has 2 unspecified atom stereocenters. The second-order valence-electron chi connectivity index (χ2n) is 9.05. The van der Waals surface area contributed by atoms with Gasteiger partial charge in [0.2, 0.25) is 12.7 Å². The Kier molecular flexibility index (Phi) is 4.43. The van der Waals surface area contributed by atoms with Crippen LogP contribution in [0.2, 0.25) is 0 Å². The summed E-state index contributed by atoms with van der Waals surface area (Å²) < 4.78 is 17.5. The molecule has 7 heteroatoms. The van der Waals surface area contributed by atoms with Crippen molar-refractivity contribution in [3.8, 4) is 11.5 Å². The van der Waals surface area contributed by atoms with Crippen LogP contribution in [0.15, 0.2) is 36.4 Å². The predicted octanol–water partition coefficient (Wildman–Crippen LogP) is 2.84. The molecule has 4 heterocycles. The minimum atomic E-state index is -1.17. The lowest BCUT2D eigenvalue weighted by molar-refractivity contribution is -0.139. The van der Waals surface area contributed by atoms with Crippen LogP contribution in [-0.4, -0.2) is 49.7 Å². The Morgan fingerprint density at radius 3 is 2.94 bits per heavy atom. The minimum Gasteiger partial charge on any atom is -0.454 e. The third kappa shape index (κ3) is 2.77. The van der Waals surface area contributed by atoms with Crippen LogP contribution in [0.1, 0.15) is 36.5 Å². The summed E-state index contributed by atoms with van der Waals surface area (Å²) in [6.07, 6.45) is 2.74. The third-order valence-electron chi connectivity index (χ3n) is 7.19. The number of anilines is 1. The molecule has 32 heavy (non-hydrogen) atoms. The van der Waals surface area contributed by atoms with E-state index < -0.39 is 5.60 Å². The molecule has 2 atom stereocenters. The monoisotopic (exact) mass is 434 g/mol. The van der Waals surface area contributed by atoms with Crippen molar-refractivity contribution in [1.82, 2.24) is 4.90 Å². The number of piperidine rings is 1. The fourth-order valence-corrected chi connectivity index (χ4v) is 5.69. The lowest BCUT2D eigenvalue weighted by Gasteiger charge is -2.36. The molecule has 1 saturated heterocycles. The van der Waals surface area contributed by atoms with E-state index in [9.17, 15) is 9.59 Å². The average molecular weight is 434 g/mol. The molecule has 0 N–H and O–H groups in total. The minimum absolute atomic E-state index is 0.0570. The highest BCUT2D eigenvalue weighted by Crippen LogP contribution is 2.52. The van der Waals surface area contributed by atoms with E-state index in [0.29, 0.717) is 31.2 Å². The quantitative estimate of drug-likeness (QED) is 0.743. The van der Waals surface area contributed by atoms with Crippen molar-refractivity contribution >= 4 is 17.5 Å². The number of hydrogen-bond acceptors (Lipinski definition) is 5. The van der Waals surface area contributed by atoms with Gasteiger partial charge in [-0.1, -0.05) is 18.2 Å². The number of ether oxygens (including phenoxy) is 3. The molecule has 7 nitrogen and oxygen atoms in total. The average Bonchev–Trinajstić information content (AvgIpc) is 3.38. The van der Waals surface area contributed by atoms with Gasteiger partial charge < -0.3 is 24.0 Å². The smallest absolute Gasteiger partial charge is 0.268 e. The number of fused-ring (bicyclic) bond motifs is 1. The normalized spacial score (nSPS) is 25.8. The van der Waals surface area contributed by atoms with Crippen molar-refractivity contribution in [1.29, 1.82) is 0 Å². The van der Waals surface area contributed by atoms with Crippen LogP contribution in [0.3, 0.4) is 0 Å². The summed E-state index contributed by atoms with van der Waals surface area (Å²) in [4.78, 5) is 29.9. The number of benzene rings is 2. The number of hydrogen-bond donors (Lipinski definition) is 0. The first-order valence-corrected chi connectivity index (χ1v) is 11.3. The molecule has 1 fully saturated rings. The summed E-state index contributed by atoms with van der Waals surface area (Å²) in [5.41, 5.74) is 2.63. The van der Waals surface area contributed by atoms with Gasteiger partial charge in [-0.15, -0.1) is 0 Å². The first-order valence-electron chi connectivity index (χ1n) is 11.3. The highest BCUT2D eigenvalue weighted by Gasteiger charge is 2.56. The van der Waals surface area contributed by atoms with Crippen molar-refractivity contribution in [2.24, 2.45) is 5.92 Å². The maximum atomic E-state index is 14.1. The maximum Gasteiger partial charge on any atom is 0.268 e. The largest absolute Gasteiger partial charge is 0.454 e. The van der Waals surface area contributed by atoms with Gasteiger partial charge >= 0.3 is 0 Å². The molecule has 166 valence electrons. The Balaban J connectivity index is 1.42. The van der Waals surface area contributed by atoms with Crippen molar-refractivity contribution < 1.29 is 23.8 Å². The lowest BCUT2D eigenvalue weighted by atomic mass is 9.82. The van der Waals surface area contributed by atoms with Gasteiger partial charge in [0.05, 0.1) is 12.3 Å². The first-order chi connectivity index (χ1) is 15.6. The highest BCUT2D eigenvalue weighted by atomic mass is 16.7. The van der Waals surface area contributed by atoms with Gasteiger partial charge in [-0.2, -0.15) is 0 Å². The highest BCUT2D eigenvalue weighted by molar-refractivity contribution is 6.10. The van der Waals surface area contributed by atoms with Crippen molar-refractivity contribution in [2.75, 3.05) is 37.9 Å². The summed E-state index contributed by atoms with van der Waals surface area (Å²) in [7, 11) is 0. The van der Waals surface area contributed by atoms with Crippen molar-refractivity contribution in [2.45, 2.75) is 31.8 Å². The van der Waals surface area contributed by atoms with Crippen LogP contribution in [0.25, 0.3) is 0 Å². The summed E-state index contributed by atoms with van der Waals surface area (Å²) in [6, 6.07) is 11.8. The van der Waals surface area contributed by atoms with Crippen LogP contribution < -0.4 is 14.4 Å². The molecule has 0 radical (unpaired) electrons. The number of carbonyl (C=O) groups is 2. The van der Waals surface area contributed by atoms with Crippen LogP contribution in [-0.2, 0) is 26.3 Å². The second-order valence-corrected chi connectivity index (χ2v) is 9.05. The van der Waals surface area contributed by atoms with Gasteiger partial charge in [-0.3, -0.25) is 9.59 Å². The molecular formula is C25H26N2O5. The Bertz CT molecular complexity index is 1120. The topological polar surface area (TPSA) is 68.3 Å². The van der Waals surface area contributed by atoms with Gasteiger partial charge in [-0.25, -0.2) is 0 Å². The second kappa shape index (κ2) is 7.24. The van der Waals surface area contributed by atoms with Gasteiger partial charge in [0, 0.05) is 37.7 Å². The zero-order chi connectivity index (χ0) is 21.9. The lowest BCUT2D eigenvalue weighted by Crippen LogP contribution is -2.48. The molecule has 0 aromatic heterocycles. The van der Waals surface area contributed by atoms with Gasteiger partial charge in [0.15, 0.2) is 17.1 Å².